The minimum atomic E-state index is -1.33. The number of nitrogens with zero attached hydrogens (tertiary/aromatic N) is 1. The molecule has 2 N–H and O–H groups in total. The molecule has 2 atom stereocenters. The minimum absolute atomic E-state index is 0.144. The zero-order valence-corrected chi connectivity index (χ0v) is 11.1. The quantitative estimate of drug-likeness (QED) is 0.750. The van der Waals surface area contributed by atoms with E-state index in [-0.39, 0.29) is 11.5 Å². The van der Waals surface area contributed by atoms with Gasteiger partial charge in [-0.1, -0.05) is 13.8 Å². The Labute approximate surface area is 110 Å². The Balaban J connectivity index is 3.46. The van der Waals surface area contributed by atoms with Crippen molar-refractivity contribution in [3.63, 3.8) is 0 Å². The molecule has 0 saturated heterocycles. The first-order valence-electron chi connectivity index (χ1n) is 5.73. The standard InChI is InChI=1S/C12H16ClNO4/c1-3-7-8(10(15)16)9(11(17)18)14-6-12(7,4-2)5-13/h6,9H,3-5H2,1-2H3,(H,15,16)(H,17,18). The van der Waals surface area contributed by atoms with Gasteiger partial charge in [-0.15, -0.1) is 11.6 Å². The van der Waals surface area contributed by atoms with Crippen molar-refractivity contribution in [2.75, 3.05) is 5.88 Å². The van der Waals surface area contributed by atoms with Crippen LogP contribution in [0.3, 0.4) is 0 Å². The number of halogens is 1. The first kappa shape index (κ1) is 14.7. The molecular weight excluding hydrogens is 258 g/mol. The van der Waals surface area contributed by atoms with Crippen molar-refractivity contribution in [2.24, 2.45) is 10.4 Å². The summed E-state index contributed by atoms with van der Waals surface area (Å²) in [7, 11) is 0. The zero-order chi connectivity index (χ0) is 13.9. The highest BCUT2D eigenvalue weighted by Gasteiger charge is 2.41. The predicted molar refractivity (Wildman–Crippen MR) is 68.3 cm³/mol. The molecule has 1 aliphatic heterocycles. The maximum Gasteiger partial charge on any atom is 0.334 e. The van der Waals surface area contributed by atoms with Crippen LogP contribution in [0, 0.1) is 5.41 Å². The molecule has 100 valence electrons. The van der Waals surface area contributed by atoms with Crippen molar-refractivity contribution in [3.8, 4) is 0 Å². The summed E-state index contributed by atoms with van der Waals surface area (Å²) in [6.07, 6.45) is 2.54. The number of hydrogen-bond donors (Lipinski definition) is 2. The summed E-state index contributed by atoms with van der Waals surface area (Å²) in [6.45, 7) is 3.68. The highest BCUT2D eigenvalue weighted by molar-refractivity contribution is 6.20. The van der Waals surface area contributed by atoms with Gasteiger partial charge in [0.25, 0.3) is 0 Å². The Morgan fingerprint density at radius 3 is 2.39 bits per heavy atom. The molecule has 18 heavy (non-hydrogen) atoms. The number of dihydropyridines is 1. The molecule has 1 heterocycles. The normalized spacial score (nSPS) is 27.4. The smallest absolute Gasteiger partial charge is 0.334 e. The van der Waals surface area contributed by atoms with Crippen LogP contribution in [0.25, 0.3) is 0 Å². The van der Waals surface area contributed by atoms with Gasteiger partial charge in [-0.2, -0.15) is 0 Å². The summed E-state index contributed by atoms with van der Waals surface area (Å²) >= 11 is 5.94. The van der Waals surface area contributed by atoms with Gasteiger partial charge in [-0.3, -0.25) is 4.99 Å². The van der Waals surface area contributed by atoms with Crippen molar-refractivity contribution in [2.45, 2.75) is 32.7 Å². The molecule has 0 radical (unpaired) electrons. The number of carboxylic acids is 2. The van der Waals surface area contributed by atoms with Gasteiger partial charge >= 0.3 is 11.9 Å². The van der Waals surface area contributed by atoms with E-state index in [4.69, 9.17) is 16.7 Å². The van der Waals surface area contributed by atoms with Crippen molar-refractivity contribution in [1.29, 1.82) is 0 Å². The second kappa shape index (κ2) is 5.52. The molecule has 1 aliphatic rings. The third-order valence-corrected chi connectivity index (χ3v) is 3.83. The lowest BCUT2D eigenvalue weighted by molar-refractivity contribution is -0.141. The summed E-state index contributed by atoms with van der Waals surface area (Å²) in [4.78, 5) is 26.3. The van der Waals surface area contributed by atoms with E-state index in [2.05, 4.69) is 4.99 Å². The molecule has 5 nitrogen and oxygen atoms in total. The predicted octanol–water partition coefficient (Wildman–Crippen LogP) is 1.95. The topological polar surface area (TPSA) is 87.0 Å². The van der Waals surface area contributed by atoms with Gasteiger partial charge in [-0.25, -0.2) is 9.59 Å². The summed E-state index contributed by atoms with van der Waals surface area (Å²) < 4.78 is 0. The number of allylic oxidation sites excluding steroid dienone is 1. The van der Waals surface area contributed by atoms with Crippen LogP contribution in [0.15, 0.2) is 16.1 Å². The van der Waals surface area contributed by atoms with Crippen LogP contribution in [0.1, 0.15) is 26.7 Å². The molecule has 0 fully saturated rings. The molecule has 0 saturated carbocycles. The molecule has 0 aromatic heterocycles. The highest BCUT2D eigenvalue weighted by atomic mass is 35.5. The lowest BCUT2D eigenvalue weighted by Crippen LogP contribution is -2.39. The van der Waals surface area contributed by atoms with E-state index in [1.807, 2.05) is 6.92 Å². The summed E-state index contributed by atoms with van der Waals surface area (Å²) in [6, 6.07) is -1.33. The van der Waals surface area contributed by atoms with Gasteiger partial charge in [0.2, 0.25) is 0 Å². The van der Waals surface area contributed by atoms with E-state index in [0.717, 1.165) is 0 Å². The first-order valence-corrected chi connectivity index (χ1v) is 6.26. The van der Waals surface area contributed by atoms with E-state index in [1.165, 1.54) is 6.21 Å². The van der Waals surface area contributed by atoms with Crippen LogP contribution in [0.2, 0.25) is 0 Å². The number of carbonyl (C=O) groups is 2. The van der Waals surface area contributed by atoms with Crippen LogP contribution in [0.5, 0.6) is 0 Å². The van der Waals surface area contributed by atoms with Gasteiger partial charge < -0.3 is 10.2 Å². The molecule has 0 spiro atoms. The van der Waals surface area contributed by atoms with Gasteiger partial charge in [0.05, 0.1) is 5.57 Å². The van der Waals surface area contributed by atoms with Crippen LogP contribution in [0.4, 0.5) is 0 Å². The van der Waals surface area contributed by atoms with Crippen LogP contribution >= 0.6 is 11.6 Å². The average Bonchev–Trinajstić information content (AvgIpc) is 2.36. The molecule has 6 heteroatoms. The molecule has 2 unspecified atom stereocenters. The molecule has 0 aliphatic carbocycles. The van der Waals surface area contributed by atoms with E-state index >= 15 is 0 Å². The lowest BCUT2D eigenvalue weighted by atomic mass is 9.73. The van der Waals surface area contributed by atoms with Crippen molar-refractivity contribution in [1.82, 2.24) is 0 Å². The number of aliphatic carboxylic acids is 2. The van der Waals surface area contributed by atoms with Crippen molar-refractivity contribution < 1.29 is 19.8 Å². The van der Waals surface area contributed by atoms with E-state index in [9.17, 15) is 14.7 Å². The fourth-order valence-electron chi connectivity index (χ4n) is 2.29. The number of aliphatic imine (C=N–C) groups is 1. The Morgan fingerprint density at radius 1 is 1.44 bits per heavy atom. The maximum absolute atomic E-state index is 11.3. The number of alkyl halides is 1. The second-order valence-electron chi connectivity index (χ2n) is 4.21. The Morgan fingerprint density at radius 2 is 2.06 bits per heavy atom. The lowest BCUT2D eigenvalue weighted by Gasteiger charge is -2.35. The minimum Gasteiger partial charge on any atom is -0.479 e. The van der Waals surface area contributed by atoms with Crippen molar-refractivity contribution in [3.05, 3.63) is 11.1 Å². The summed E-state index contributed by atoms with van der Waals surface area (Å²) in [5, 5.41) is 18.3. The Hall–Kier alpha value is -1.36. The largest absolute Gasteiger partial charge is 0.479 e. The monoisotopic (exact) mass is 273 g/mol. The third kappa shape index (κ3) is 2.27. The van der Waals surface area contributed by atoms with E-state index in [1.54, 1.807) is 6.92 Å². The Bertz CT molecular complexity index is 424. The molecule has 0 aromatic carbocycles. The number of hydrogen-bond acceptors (Lipinski definition) is 3. The molecule has 1 rings (SSSR count). The second-order valence-corrected chi connectivity index (χ2v) is 4.48. The number of rotatable bonds is 5. The first-order chi connectivity index (χ1) is 8.43. The zero-order valence-electron chi connectivity index (χ0n) is 10.3. The highest BCUT2D eigenvalue weighted by Crippen LogP contribution is 2.39. The molecule has 0 amide bonds. The van der Waals surface area contributed by atoms with Crippen LogP contribution in [-0.4, -0.2) is 40.3 Å². The van der Waals surface area contributed by atoms with Gasteiger partial charge in [0.15, 0.2) is 6.04 Å². The molecule has 0 bridgehead atoms. The number of carboxylic acid groups (broad SMARTS) is 2. The van der Waals surface area contributed by atoms with Crippen LogP contribution in [-0.2, 0) is 9.59 Å². The fourth-order valence-corrected chi connectivity index (χ4v) is 2.71. The summed E-state index contributed by atoms with van der Waals surface area (Å²) in [5.74, 6) is -2.30. The average molecular weight is 274 g/mol. The van der Waals surface area contributed by atoms with Crippen molar-refractivity contribution >= 4 is 29.8 Å². The SMILES string of the molecule is CCC1=C(C(=O)O)C(C(=O)O)N=CC1(CC)CCl. The van der Waals surface area contributed by atoms with Crippen LogP contribution < -0.4 is 0 Å². The van der Waals surface area contributed by atoms with E-state index in [0.29, 0.717) is 18.4 Å². The van der Waals surface area contributed by atoms with Gasteiger partial charge in [0.1, 0.15) is 0 Å². The van der Waals surface area contributed by atoms with Gasteiger partial charge in [-0.05, 0) is 18.4 Å². The summed E-state index contributed by atoms with van der Waals surface area (Å²) in [5.41, 5.74) is -0.222. The Kier molecular flexibility index (Phi) is 4.51. The molecular formula is C12H16ClNO4. The molecule has 0 aromatic rings. The maximum atomic E-state index is 11.3. The van der Waals surface area contributed by atoms with E-state index < -0.39 is 23.4 Å². The van der Waals surface area contributed by atoms with Gasteiger partial charge in [0, 0.05) is 17.5 Å². The third-order valence-electron chi connectivity index (χ3n) is 3.36. The fraction of sp³-hybridized carbons (Fsp3) is 0.583.